The molecule has 0 unspecified atom stereocenters. The molecule has 0 aliphatic rings. The van der Waals surface area contributed by atoms with Crippen LogP contribution in [0.4, 0.5) is 0 Å². The number of benzene rings is 1. The molecule has 0 atom stereocenters. The first kappa shape index (κ1) is 14.2. The van der Waals surface area contributed by atoms with Gasteiger partial charge >= 0.3 is 0 Å². The Hall–Kier alpha value is -0.780. The molecule has 0 fully saturated rings. The van der Waals surface area contributed by atoms with E-state index < -0.39 is 0 Å². The normalized spacial score (nSPS) is 10.6. The van der Waals surface area contributed by atoms with Crippen LogP contribution in [0.25, 0.3) is 0 Å². The maximum atomic E-state index is 2.34. The predicted octanol–water partition coefficient (Wildman–Crippen LogP) is 4.88. The van der Waals surface area contributed by atoms with Gasteiger partial charge in [-0.3, -0.25) is 0 Å². The maximum absolute atomic E-state index is 2.34. The van der Waals surface area contributed by atoms with Crippen LogP contribution in [0.3, 0.4) is 0 Å². The lowest BCUT2D eigenvalue weighted by Gasteiger charge is -2.20. The largest absolute Gasteiger partial charge is 0.0683 e. The molecule has 0 N–H and O–H groups in total. The highest BCUT2D eigenvalue weighted by Gasteiger charge is 2.13. The fourth-order valence-corrected chi connectivity index (χ4v) is 1.52. The van der Waals surface area contributed by atoms with Crippen LogP contribution in [-0.2, 0) is 11.8 Å². The van der Waals surface area contributed by atoms with Crippen molar-refractivity contribution >= 4 is 0 Å². The Morgan fingerprint density at radius 2 is 1.60 bits per heavy atom. The molecular weight excluding hydrogens is 180 g/mol. The average Bonchev–Trinajstić information content (AvgIpc) is 2.20. The van der Waals surface area contributed by atoms with Crippen LogP contribution in [0.15, 0.2) is 18.2 Å². The Morgan fingerprint density at radius 1 is 1.07 bits per heavy atom. The van der Waals surface area contributed by atoms with Crippen LogP contribution in [0.1, 0.15) is 58.2 Å². The second-order valence-electron chi connectivity index (χ2n) is 4.74. The number of rotatable bonds is 1. The third-order valence-electron chi connectivity index (χ3n) is 2.60. The van der Waals surface area contributed by atoms with E-state index >= 15 is 0 Å². The van der Waals surface area contributed by atoms with E-state index in [4.69, 9.17) is 0 Å². The van der Waals surface area contributed by atoms with Crippen molar-refractivity contribution in [3.05, 3.63) is 34.9 Å². The van der Waals surface area contributed by atoms with Gasteiger partial charge in [0.05, 0.1) is 0 Å². The summed E-state index contributed by atoms with van der Waals surface area (Å²) in [5.41, 5.74) is 4.61. The smallest absolute Gasteiger partial charge is 0.0132 e. The zero-order valence-electron chi connectivity index (χ0n) is 11.4. The summed E-state index contributed by atoms with van der Waals surface area (Å²) in [7, 11) is 0. The summed E-state index contributed by atoms with van der Waals surface area (Å²) in [4.78, 5) is 0. The maximum Gasteiger partial charge on any atom is -0.0132 e. The zero-order chi connectivity index (χ0) is 12.1. The van der Waals surface area contributed by atoms with E-state index in [9.17, 15) is 0 Å². The average molecular weight is 206 g/mol. The molecule has 1 aromatic rings. The molecule has 0 aliphatic carbocycles. The topological polar surface area (TPSA) is 0 Å². The summed E-state index contributed by atoms with van der Waals surface area (Å²) in [5.74, 6) is 0. The summed E-state index contributed by atoms with van der Waals surface area (Å²) in [5, 5.41) is 0. The van der Waals surface area contributed by atoms with Crippen LogP contribution in [0.5, 0.6) is 0 Å². The van der Waals surface area contributed by atoms with Crippen molar-refractivity contribution in [3.8, 4) is 0 Å². The van der Waals surface area contributed by atoms with Crippen molar-refractivity contribution in [2.24, 2.45) is 0 Å². The lowest BCUT2D eigenvalue weighted by Crippen LogP contribution is -2.11. The van der Waals surface area contributed by atoms with E-state index in [1.165, 1.54) is 16.7 Å². The molecule has 0 aliphatic heterocycles. The predicted molar refractivity (Wildman–Crippen MR) is 70.6 cm³/mol. The molecule has 1 aromatic carbocycles. The van der Waals surface area contributed by atoms with Gasteiger partial charge in [-0.1, -0.05) is 59.7 Å². The molecule has 0 saturated heterocycles. The second kappa shape index (κ2) is 5.95. The van der Waals surface area contributed by atoms with Gasteiger partial charge in [0.1, 0.15) is 0 Å². The first-order chi connectivity index (χ1) is 6.95. The van der Waals surface area contributed by atoms with Crippen LogP contribution in [0.2, 0.25) is 0 Å². The lowest BCUT2D eigenvalue weighted by atomic mass is 9.85. The molecule has 0 spiro atoms. The zero-order valence-corrected chi connectivity index (χ0v) is 11.4. The molecule has 0 nitrogen and oxygen atoms in total. The fraction of sp³-hybridized carbons (Fsp3) is 0.600. The van der Waals surface area contributed by atoms with Crippen LogP contribution in [0, 0.1) is 6.92 Å². The van der Waals surface area contributed by atoms with Crippen molar-refractivity contribution in [2.75, 3.05) is 0 Å². The highest BCUT2D eigenvalue weighted by atomic mass is 14.2. The molecular formula is C15H26. The van der Waals surface area contributed by atoms with E-state index in [1.807, 2.05) is 13.8 Å². The minimum absolute atomic E-state index is 0.275. The molecule has 0 saturated carbocycles. The quantitative estimate of drug-likeness (QED) is 0.614. The number of aryl methyl sites for hydroxylation is 2. The molecule has 0 radical (unpaired) electrons. The summed E-state index contributed by atoms with van der Waals surface area (Å²) in [6, 6.07) is 6.82. The first-order valence-electron chi connectivity index (χ1n) is 6.05. The van der Waals surface area contributed by atoms with Crippen molar-refractivity contribution in [1.82, 2.24) is 0 Å². The van der Waals surface area contributed by atoms with E-state index in [0.717, 1.165) is 6.42 Å². The molecule has 0 amide bonds. The third-order valence-corrected chi connectivity index (χ3v) is 2.60. The Labute approximate surface area is 95.7 Å². The molecule has 1 rings (SSSR count). The SMILES string of the molecule is CC.CCc1cc(C(C)(C)C)ccc1C. The highest BCUT2D eigenvalue weighted by Crippen LogP contribution is 2.24. The standard InChI is InChI=1S/C13H20.C2H6/c1-6-11-9-12(13(3,4)5)8-7-10(11)2;1-2/h7-9H,6H2,1-5H3;1-2H3. The molecule has 86 valence electrons. The molecule has 0 bridgehead atoms. The van der Waals surface area contributed by atoms with E-state index in [0.29, 0.717) is 0 Å². The Kier molecular flexibility index (Phi) is 5.64. The van der Waals surface area contributed by atoms with E-state index in [1.54, 1.807) is 0 Å². The summed E-state index contributed by atoms with van der Waals surface area (Å²) in [6.07, 6.45) is 1.13. The van der Waals surface area contributed by atoms with Gasteiger partial charge in [0.25, 0.3) is 0 Å². The highest BCUT2D eigenvalue weighted by molar-refractivity contribution is 5.34. The van der Waals surface area contributed by atoms with Gasteiger partial charge < -0.3 is 0 Å². The number of hydrogen-bond donors (Lipinski definition) is 0. The second-order valence-corrected chi connectivity index (χ2v) is 4.74. The van der Waals surface area contributed by atoms with Gasteiger partial charge in [-0.2, -0.15) is 0 Å². The fourth-order valence-electron chi connectivity index (χ4n) is 1.52. The molecule has 15 heavy (non-hydrogen) atoms. The van der Waals surface area contributed by atoms with Crippen LogP contribution >= 0.6 is 0 Å². The monoisotopic (exact) mass is 206 g/mol. The molecule has 0 aromatic heterocycles. The van der Waals surface area contributed by atoms with Gasteiger partial charge in [0, 0.05) is 0 Å². The Morgan fingerprint density at radius 3 is 2.00 bits per heavy atom. The van der Waals surface area contributed by atoms with Crippen molar-refractivity contribution in [1.29, 1.82) is 0 Å². The Balaban J connectivity index is 0.000000921. The summed E-state index contributed by atoms with van der Waals surface area (Å²) in [6.45, 7) is 15.2. The van der Waals surface area contributed by atoms with E-state index in [2.05, 4.69) is 52.8 Å². The summed E-state index contributed by atoms with van der Waals surface area (Å²) < 4.78 is 0. The van der Waals surface area contributed by atoms with Gasteiger partial charge in [0.2, 0.25) is 0 Å². The van der Waals surface area contributed by atoms with Crippen molar-refractivity contribution in [2.45, 2.75) is 60.3 Å². The van der Waals surface area contributed by atoms with Crippen molar-refractivity contribution < 1.29 is 0 Å². The third kappa shape index (κ3) is 4.07. The van der Waals surface area contributed by atoms with Gasteiger partial charge in [-0.05, 0) is 35.4 Å². The first-order valence-corrected chi connectivity index (χ1v) is 6.05. The van der Waals surface area contributed by atoms with Crippen LogP contribution in [-0.4, -0.2) is 0 Å². The lowest BCUT2D eigenvalue weighted by molar-refractivity contribution is 0.589. The van der Waals surface area contributed by atoms with Gasteiger partial charge in [0.15, 0.2) is 0 Å². The molecule has 0 heterocycles. The van der Waals surface area contributed by atoms with Crippen molar-refractivity contribution in [3.63, 3.8) is 0 Å². The summed E-state index contributed by atoms with van der Waals surface area (Å²) >= 11 is 0. The van der Waals surface area contributed by atoms with Gasteiger partial charge in [-0.15, -0.1) is 0 Å². The van der Waals surface area contributed by atoms with Crippen LogP contribution < -0.4 is 0 Å². The Bertz CT molecular complexity index is 289. The van der Waals surface area contributed by atoms with Gasteiger partial charge in [-0.25, -0.2) is 0 Å². The van der Waals surface area contributed by atoms with E-state index in [-0.39, 0.29) is 5.41 Å². The minimum Gasteiger partial charge on any atom is -0.0683 e. The number of hydrogen-bond acceptors (Lipinski definition) is 0. The minimum atomic E-state index is 0.275. The molecule has 0 heteroatoms.